The number of aliphatic hydroxyl groups is 1. The Bertz CT molecular complexity index is 210. The van der Waals surface area contributed by atoms with Crippen LogP contribution in [0.1, 0.15) is 10.4 Å². The summed E-state index contributed by atoms with van der Waals surface area (Å²) in [5.74, 6) is 0. The fourth-order valence-corrected chi connectivity index (χ4v) is 1.72. The van der Waals surface area contributed by atoms with Crippen molar-refractivity contribution in [2.75, 3.05) is 13.2 Å². The summed E-state index contributed by atoms with van der Waals surface area (Å²) in [6, 6.07) is 2.16. The Morgan fingerprint density at radius 2 is 2.45 bits per heavy atom. The fourth-order valence-electron chi connectivity index (χ4n) is 0.874. The van der Waals surface area contributed by atoms with Gasteiger partial charge in [-0.15, -0.1) is 11.3 Å². The topological polar surface area (TPSA) is 32.3 Å². The number of nitrogens with one attached hydrogen (secondary N) is 1. The first-order valence-corrected chi connectivity index (χ1v) is 4.56. The van der Waals surface area contributed by atoms with E-state index < -0.39 is 0 Å². The summed E-state index contributed by atoms with van der Waals surface area (Å²) in [7, 11) is 0. The molecule has 11 heavy (non-hydrogen) atoms. The molecule has 1 aromatic rings. The van der Waals surface area contributed by atoms with Gasteiger partial charge in [-0.25, -0.2) is 0 Å². The van der Waals surface area contributed by atoms with Crippen LogP contribution in [0.15, 0.2) is 11.4 Å². The number of thiophene rings is 1. The average molecular weight is 171 g/mol. The summed E-state index contributed by atoms with van der Waals surface area (Å²) >= 11 is 1.76. The molecule has 0 saturated heterocycles. The summed E-state index contributed by atoms with van der Waals surface area (Å²) in [6.45, 7) is 3.85. The second kappa shape index (κ2) is 4.49. The van der Waals surface area contributed by atoms with Crippen LogP contribution < -0.4 is 5.32 Å². The van der Waals surface area contributed by atoms with E-state index >= 15 is 0 Å². The molecule has 2 N–H and O–H groups in total. The van der Waals surface area contributed by atoms with Crippen LogP contribution >= 0.6 is 11.3 Å². The van der Waals surface area contributed by atoms with Gasteiger partial charge in [0.05, 0.1) is 6.61 Å². The normalized spacial score (nSPS) is 10.4. The number of hydrogen-bond donors (Lipinski definition) is 2. The van der Waals surface area contributed by atoms with Gasteiger partial charge in [-0.3, -0.25) is 0 Å². The Hall–Kier alpha value is -0.380. The van der Waals surface area contributed by atoms with Crippen LogP contribution in [0.25, 0.3) is 0 Å². The highest BCUT2D eigenvalue weighted by Crippen LogP contribution is 2.12. The fraction of sp³-hybridized carbons (Fsp3) is 0.500. The van der Waals surface area contributed by atoms with E-state index in [9.17, 15) is 0 Å². The lowest BCUT2D eigenvalue weighted by atomic mass is 10.3. The third kappa shape index (κ3) is 3.01. The molecule has 0 aliphatic heterocycles. The van der Waals surface area contributed by atoms with E-state index in [1.54, 1.807) is 11.3 Å². The zero-order valence-corrected chi connectivity index (χ0v) is 7.45. The van der Waals surface area contributed by atoms with Crippen LogP contribution in [0.3, 0.4) is 0 Å². The molecule has 0 bridgehead atoms. The highest BCUT2D eigenvalue weighted by molar-refractivity contribution is 7.10. The lowest BCUT2D eigenvalue weighted by molar-refractivity contribution is 0.292. The van der Waals surface area contributed by atoms with Gasteiger partial charge in [-0.1, -0.05) is 0 Å². The zero-order chi connectivity index (χ0) is 8.10. The third-order valence-electron chi connectivity index (χ3n) is 1.37. The first kappa shape index (κ1) is 8.71. The van der Waals surface area contributed by atoms with Crippen LogP contribution in [0.2, 0.25) is 0 Å². The number of aliphatic hydroxyl groups excluding tert-OH is 1. The monoisotopic (exact) mass is 171 g/mol. The second-order valence-corrected chi connectivity index (χ2v) is 3.49. The maximum Gasteiger partial charge on any atom is 0.0556 e. The van der Waals surface area contributed by atoms with Crippen molar-refractivity contribution in [2.24, 2.45) is 0 Å². The Balaban J connectivity index is 2.27. The van der Waals surface area contributed by atoms with E-state index in [1.165, 1.54) is 10.4 Å². The van der Waals surface area contributed by atoms with Crippen molar-refractivity contribution in [1.82, 2.24) is 5.32 Å². The minimum atomic E-state index is 0.213. The molecule has 3 heteroatoms. The Labute approximate surface area is 70.9 Å². The summed E-state index contributed by atoms with van der Waals surface area (Å²) < 4.78 is 0. The maximum atomic E-state index is 8.49. The smallest absolute Gasteiger partial charge is 0.0556 e. The minimum absolute atomic E-state index is 0.213. The van der Waals surface area contributed by atoms with E-state index in [4.69, 9.17) is 5.11 Å². The van der Waals surface area contributed by atoms with Gasteiger partial charge in [0.2, 0.25) is 0 Å². The molecule has 2 nitrogen and oxygen atoms in total. The highest BCUT2D eigenvalue weighted by atomic mass is 32.1. The van der Waals surface area contributed by atoms with Crippen LogP contribution in [0, 0.1) is 6.92 Å². The molecule has 62 valence electrons. The molecule has 0 unspecified atom stereocenters. The molecule has 0 fully saturated rings. The predicted octanol–water partition coefficient (Wildman–Crippen LogP) is 1.14. The van der Waals surface area contributed by atoms with Gasteiger partial charge in [0.1, 0.15) is 0 Å². The molecule has 1 rings (SSSR count). The molecule has 0 aliphatic rings. The highest BCUT2D eigenvalue weighted by Gasteiger charge is 1.94. The number of aryl methyl sites for hydroxylation is 1. The first-order valence-electron chi connectivity index (χ1n) is 3.68. The standard InChI is InChI=1S/C8H13NOS/c1-7-4-8(11-6-7)5-9-2-3-10/h4,6,9-10H,2-3,5H2,1H3. The van der Waals surface area contributed by atoms with Gasteiger partial charge in [-0.2, -0.15) is 0 Å². The predicted molar refractivity (Wildman–Crippen MR) is 47.8 cm³/mol. The molecule has 0 spiro atoms. The average Bonchev–Trinajstić information content (AvgIpc) is 2.37. The molecule has 0 saturated carbocycles. The molecule has 0 amide bonds. The Morgan fingerprint density at radius 1 is 1.64 bits per heavy atom. The van der Waals surface area contributed by atoms with Gasteiger partial charge >= 0.3 is 0 Å². The Morgan fingerprint density at radius 3 is 3.00 bits per heavy atom. The van der Waals surface area contributed by atoms with Crippen molar-refractivity contribution in [3.63, 3.8) is 0 Å². The molecule has 0 aliphatic carbocycles. The van der Waals surface area contributed by atoms with Crippen molar-refractivity contribution in [3.8, 4) is 0 Å². The summed E-state index contributed by atoms with van der Waals surface area (Å²) in [5, 5.41) is 13.8. The quantitative estimate of drug-likeness (QED) is 0.666. The summed E-state index contributed by atoms with van der Waals surface area (Å²) in [5.41, 5.74) is 1.32. The van der Waals surface area contributed by atoms with E-state index in [2.05, 4.69) is 23.7 Å². The van der Waals surface area contributed by atoms with E-state index in [0.29, 0.717) is 6.54 Å². The van der Waals surface area contributed by atoms with Gasteiger partial charge < -0.3 is 10.4 Å². The van der Waals surface area contributed by atoms with Crippen molar-refractivity contribution in [3.05, 3.63) is 21.9 Å². The SMILES string of the molecule is Cc1csc(CNCCO)c1. The summed E-state index contributed by atoms with van der Waals surface area (Å²) in [6.07, 6.45) is 0. The first-order chi connectivity index (χ1) is 5.33. The molecule has 0 aromatic carbocycles. The molecular weight excluding hydrogens is 158 g/mol. The molecular formula is C8H13NOS. The lowest BCUT2D eigenvalue weighted by Crippen LogP contribution is -2.16. The van der Waals surface area contributed by atoms with Crippen LogP contribution in [-0.2, 0) is 6.54 Å². The van der Waals surface area contributed by atoms with Gasteiger partial charge in [0.15, 0.2) is 0 Å². The van der Waals surface area contributed by atoms with Gasteiger partial charge in [-0.05, 0) is 23.9 Å². The second-order valence-electron chi connectivity index (χ2n) is 2.49. The number of rotatable bonds is 4. The summed E-state index contributed by atoms with van der Waals surface area (Å²) in [4.78, 5) is 1.33. The van der Waals surface area contributed by atoms with E-state index in [-0.39, 0.29) is 6.61 Å². The molecule has 1 aromatic heterocycles. The Kier molecular flexibility index (Phi) is 3.56. The van der Waals surface area contributed by atoms with E-state index in [1.807, 2.05) is 0 Å². The largest absolute Gasteiger partial charge is 0.395 e. The van der Waals surface area contributed by atoms with Crippen molar-refractivity contribution >= 4 is 11.3 Å². The number of hydrogen-bond acceptors (Lipinski definition) is 3. The van der Waals surface area contributed by atoms with Crippen LogP contribution in [0.5, 0.6) is 0 Å². The van der Waals surface area contributed by atoms with Crippen molar-refractivity contribution in [2.45, 2.75) is 13.5 Å². The van der Waals surface area contributed by atoms with Gasteiger partial charge in [0, 0.05) is 18.0 Å². The maximum absolute atomic E-state index is 8.49. The zero-order valence-electron chi connectivity index (χ0n) is 6.63. The molecule has 1 heterocycles. The molecule has 0 atom stereocenters. The van der Waals surface area contributed by atoms with Crippen molar-refractivity contribution < 1.29 is 5.11 Å². The minimum Gasteiger partial charge on any atom is -0.395 e. The van der Waals surface area contributed by atoms with Crippen LogP contribution in [-0.4, -0.2) is 18.3 Å². The van der Waals surface area contributed by atoms with Crippen molar-refractivity contribution in [1.29, 1.82) is 0 Å². The van der Waals surface area contributed by atoms with Crippen LogP contribution in [0.4, 0.5) is 0 Å². The van der Waals surface area contributed by atoms with E-state index in [0.717, 1.165) is 6.54 Å². The lowest BCUT2D eigenvalue weighted by Gasteiger charge is -1.97. The molecule has 0 radical (unpaired) electrons. The third-order valence-corrected chi connectivity index (χ3v) is 2.43. The van der Waals surface area contributed by atoms with Gasteiger partial charge in [0.25, 0.3) is 0 Å².